The highest BCUT2D eigenvalue weighted by Crippen LogP contribution is 2.41. The van der Waals surface area contributed by atoms with Gasteiger partial charge in [0.05, 0.1) is 23.6 Å². The summed E-state index contributed by atoms with van der Waals surface area (Å²) >= 11 is 12.4. The van der Waals surface area contributed by atoms with Gasteiger partial charge in [-0.2, -0.15) is 21.4 Å². The molecule has 1 aromatic heterocycles. The number of oxazole rings is 1. The maximum Gasteiger partial charge on any atom is 0.348 e. The van der Waals surface area contributed by atoms with E-state index in [1.807, 2.05) is 22.5 Å². The lowest BCUT2D eigenvalue weighted by atomic mass is 10.0. The predicted molar refractivity (Wildman–Crippen MR) is 148 cm³/mol. The molecule has 1 atom stereocenters. The molecule has 1 unspecified atom stereocenters. The molecule has 4 rings (SSSR count). The first kappa shape index (κ1) is 29.6. The van der Waals surface area contributed by atoms with Crippen molar-refractivity contribution in [1.82, 2.24) is 0 Å². The summed E-state index contributed by atoms with van der Waals surface area (Å²) in [5.74, 6) is 0.814. The molecule has 0 saturated carbocycles. The van der Waals surface area contributed by atoms with Gasteiger partial charge in [-0.05, 0) is 55.2 Å². The summed E-state index contributed by atoms with van der Waals surface area (Å²) in [7, 11) is -8.23. The predicted octanol–water partition coefficient (Wildman–Crippen LogP) is 4.89. The molecule has 0 aliphatic carbocycles. The molecule has 2 heterocycles. The van der Waals surface area contributed by atoms with E-state index in [1.165, 1.54) is 0 Å². The number of fused-ring (bicyclic) bond motifs is 2. The normalized spacial score (nSPS) is 15.6. The van der Waals surface area contributed by atoms with Crippen molar-refractivity contribution in [2.45, 2.75) is 39.2 Å². The zero-order chi connectivity index (χ0) is 28.4. The number of nitrogens with zero attached hydrogens (tertiary/aromatic N) is 2. The topological polar surface area (TPSA) is 138 Å². The Kier molecular flexibility index (Phi) is 9.14. The van der Waals surface area contributed by atoms with E-state index < -0.39 is 26.0 Å². The molecule has 2 N–H and O–H groups in total. The Hall–Kier alpha value is -2.35. The summed E-state index contributed by atoms with van der Waals surface area (Å²) in [5, 5.41) is 1.00. The van der Waals surface area contributed by atoms with Gasteiger partial charge < -0.3 is 14.1 Å². The van der Waals surface area contributed by atoms with Crippen molar-refractivity contribution < 1.29 is 39.7 Å². The first-order valence-corrected chi connectivity index (χ1v) is 16.3. The van der Waals surface area contributed by atoms with Gasteiger partial charge >= 0.3 is 5.89 Å². The second-order valence-electron chi connectivity index (χ2n) is 9.28. The van der Waals surface area contributed by atoms with Crippen LogP contribution in [0, 0.1) is 5.92 Å². The lowest BCUT2D eigenvalue weighted by Crippen LogP contribution is -2.38. The van der Waals surface area contributed by atoms with E-state index in [0.29, 0.717) is 57.2 Å². The molecule has 39 heavy (non-hydrogen) atoms. The fourth-order valence-corrected chi connectivity index (χ4v) is 5.81. The molecule has 0 spiro atoms. The number of allylic oxidation sites excluding steroid dienone is 1. The molecule has 14 heteroatoms. The number of rotatable bonds is 12. The monoisotopic (exact) mass is 619 g/mol. The number of halogens is 2. The third-order valence-corrected chi connectivity index (χ3v) is 8.42. The van der Waals surface area contributed by atoms with Crippen LogP contribution in [0.4, 0.5) is 5.69 Å². The van der Waals surface area contributed by atoms with E-state index in [1.54, 1.807) is 36.4 Å². The minimum atomic E-state index is -4.12. The van der Waals surface area contributed by atoms with Gasteiger partial charge in [0, 0.05) is 29.1 Å². The lowest BCUT2D eigenvalue weighted by Gasteiger charge is -2.19. The van der Waals surface area contributed by atoms with Gasteiger partial charge in [0.15, 0.2) is 18.2 Å². The van der Waals surface area contributed by atoms with Crippen molar-refractivity contribution in [2.24, 2.45) is 5.92 Å². The molecular weight excluding hydrogens is 591 g/mol. The smallest absolute Gasteiger partial charge is 0.348 e. The van der Waals surface area contributed by atoms with Crippen molar-refractivity contribution in [3.8, 4) is 5.75 Å². The number of anilines is 1. The zero-order valence-corrected chi connectivity index (χ0v) is 24.2. The number of aromatic nitrogens is 1. The second-order valence-corrected chi connectivity index (χ2v) is 13.3. The fraction of sp³-hybridized carbons (Fsp3) is 0.400. The molecule has 1 aliphatic heterocycles. The lowest BCUT2D eigenvalue weighted by molar-refractivity contribution is -0.684. The van der Waals surface area contributed by atoms with Crippen LogP contribution < -0.4 is 14.2 Å². The first-order chi connectivity index (χ1) is 18.3. The molecule has 0 amide bonds. The van der Waals surface area contributed by atoms with Gasteiger partial charge in [-0.15, -0.1) is 0 Å². The molecule has 0 saturated heterocycles. The van der Waals surface area contributed by atoms with Crippen LogP contribution in [-0.2, 0) is 33.2 Å². The fourth-order valence-electron chi connectivity index (χ4n) is 4.49. The first-order valence-electron chi connectivity index (χ1n) is 12.3. The Bertz CT molecular complexity index is 1600. The summed E-state index contributed by atoms with van der Waals surface area (Å²) in [4.78, 5) is 1.83. The number of hydrogen-bond donors (Lipinski definition) is 2. The Morgan fingerprint density at radius 1 is 1.00 bits per heavy atom. The van der Waals surface area contributed by atoms with Crippen LogP contribution in [-0.4, -0.2) is 44.0 Å². The van der Waals surface area contributed by atoms with E-state index in [-0.39, 0.29) is 37.6 Å². The number of aryl methyl sites for hydroxylation is 1. The molecule has 212 valence electrons. The van der Waals surface area contributed by atoms with Crippen LogP contribution >= 0.6 is 23.2 Å². The molecular formula is C25H29Cl2N2O8S2+. The largest absolute Gasteiger partial charge is 0.439 e. The van der Waals surface area contributed by atoms with Crippen molar-refractivity contribution in [3.63, 3.8) is 0 Å². The van der Waals surface area contributed by atoms with Crippen LogP contribution in [0.3, 0.4) is 0 Å². The SMILES string of the molecule is CCC(C=C1Oc2ccc(Cl)cc2N1CCCS(=O)(=O)O)Cc1oc2ccc(Cl)cc2[n+]1CCCS(=O)(=O)O. The molecule has 0 radical (unpaired) electrons. The zero-order valence-electron chi connectivity index (χ0n) is 21.1. The molecule has 2 aromatic carbocycles. The highest BCUT2D eigenvalue weighted by atomic mass is 35.5. The average Bonchev–Trinajstić information content (AvgIpc) is 3.34. The third-order valence-electron chi connectivity index (χ3n) is 6.34. The van der Waals surface area contributed by atoms with Crippen LogP contribution in [0.15, 0.2) is 52.8 Å². The van der Waals surface area contributed by atoms with E-state index >= 15 is 0 Å². The second kappa shape index (κ2) is 12.0. The number of ether oxygens (including phenoxy) is 1. The summed E-state index contributed by atoms with van der Waals surface area (Å²) < 4.78 is 77.5. The summed E-state index contributed by atoms with van der Waals surface area (Å²) in [6.07, 6.45) is 3.42. The quantitative estimate of drug-likeness (QED) is 0.214. The van der Waals surface area contributed by atoms with Gasteiger partial charge in [-0.1, -0.05) is 30.1 Å². The van der Waals surface area contributed by atoms with Gasteiger partial charge in [-0.25, -0.2) is 0 Å². The molecule has 3 aromatic rings. The molecule has 10 nitrogen and oxygen atoms in total. The molecule has 0 fully saturated rings. The van der Waals surface area contributed by atoms with Crippen LogP contribution in [0.5, 0.6) is 5.75 Å². The molecule has 0 bridgehead atoms. The van der Waals surface area contributed by atoms with Crippen LogP contribution in [0.2, 0.25) is 10.0 Å². The summed E-state index contributed by atoms with van der Waals surface area (Å²) in [6.45, 7) is 2.57. The summed E-state index contributed by atoms with van der Waals surface area (Å²) in [6, 6.07) is 10.4. The number of hydrogen-bond acceptors (Lipinski definition) is 7. The van der Waals surface area contributed by atoms with Crippen LogP contribution in [0.1, 0.15) is 32.1 Å². The summed E-state index contributed by atoms with van der Waals surface area (Å²) in [5.41, 5.74) is 1.99. The van der Waals surface area contributed by atoms with E-state index in [4.69, 9.17) is 32.4 Å². The Labute approximate surface area is 237 Å². The third kappa shape index (κ3) is 7.86. The van der Waals surface area contributed by atoms with Crippen LogP contribution in [0.25, 0.3) is 11.1 Å². The Balaban J connectivity index is 1.63. The Morgan fingerprint density at radius 3 is 2.36 bits per heavy atom. The Morgan fingerprint density at radius 2 is 1.67 bits per heavy atom. The van der Waals surface area contributed by atoms with Crippen molar-refractivity contribution in [1.29, 1.82) is 0 Å². The van der Waals surface area contributed by atoms with E-state index in [9.17, 15) is 25.9 Å². The standard InChI is InChI=1S/C25H28Cl2N2O8S2/c1-2-17(13-24-28(9-3-11-38(30,31)32)20-15-18(26)5-7-22(20)36-24)14-25-29(10-4-12-39(33,34)35)21-16-19(27)6-8-23(21)37-25/h5-8,13,15-17H,2-4,9-12,14H2,1H3,(H-,30,31,32,33,34,35)/p+1. The van der Waals surface area contributed by atoms with Crippen molar-refractivity contribution >= 4 is 60.2 Å². The van der Waals surface area contributed by atoms with E-state index in [0.717, 1.165) is 0 Å². The molecule has 1 aliphatic rings. The van der Waals surface area contributed by atoms with Gasteiger partial charge in [0.2, 0.25) is 5.58 Å². The minimum Gasteiger partial charge on any atom is -0.439 e. The highest BCUT2D eigenvalue weighted by Gasteiger charge is 2.30. The average molecular weight is 621 g/mol. The maximum atomic E-state index is 11.3. The highest BCUT2D eigenvalue weighted by molar-refractivity contribution is 7.86. The van der Waals surface area contributed by atoms with Crippen molar-refractivity contribution in [3.05, 3.63) is 64.3 Å². The number of benzene rings is 2. The minimum absolute atomic E-state index is 0.0854. The van der Waals surface area contributed by atoms with Crippen molar-refractivity contribution in [2.75, 3.05) is 23.0 Å². The van der Waals surface area contributed by atoms with Gasteiger partial charge in [0.1, 0.15) is 0 Å². The van der Waals surface area contributed by atoms with E-state index in [2.05, 4.69) is 0 Å². The maximum absolute atomic E-state index is 11.3. The van der Waals surface area contributed by atoms with Gasteiger partial charge in [-0.3, -0.25) is 9.11 Å². The van der Waals surface area contributed by atoms with Gasteiger partial charge in [0.25, 0.3) is 25.8 Å².